The third-order valence-electron chi connectivity index (χ3n) is 2.80. The lowest BCUT2D eigenvalue weighted by Gasteiger charge is -2.03. The average Bonchev–Trinajstić information content (AvgIpc) is 2.46. The van der Waals surface area contributed by atoms with Crippen LogP contribution in [-0.2, 0) is 5.33 Å². The molecule has 0 atom stereocenters. The molecule has 0 aliphatic heterocycles. The van der Waals surface area contributed by atoms with Gasteiger partial charge < -0.3 is 4.74 Å². The summed E-state index contributed by atoms with van der Waals surface area (Å²) in [5.74, 6) is 0.767. The molecule has 0 spiro atoms. The third-order valence-corrected chi connectivity index (χ3v) is 3.77. The smallest absolute Gasteiger partial charge is 0.120 e. The highest BCUT2D eigenvalue weighted by Crippen LogP contribution is 2.24. The molecule has 2 rings (SSSR count). The summed E-state index contributed by atoms with van der Waals surface area (Å²) in [6.45, 7) is 0. The molecule has 0 saturated carbocycles. The molecule has 1 nitrogen and oxygen atoms in total. The van der Waals surface area contributed by atoms with E-state index < -0.39 is 0 Å². The Hall–Kier alpha value is -1.25. The molecule has 0 N–H and O–H groups in total. The van der Waals surface area contributed by atoms with Crippen LogP contribution >= 0.6 is 27.5 Å². The van der Waals surface area contributed by atoms with Crippen LogP contribution in [0.5, 0.6) is 5.75 Å². The molecule has 98 valence electrons. The van der Waals surface area contributed by atoms with Crippen LogP contribution in [0.2, 0.25) is 5.02 Å². The number of hydrogen-bond acceptors (Lipinski definition) is 1. The molecule has 0 aromatic heterocycles. The number of ether oxygens (including phenoxy) is 1. The first-order chi connectivity index (χ1) is 9.22. The minimum atomic E-state index is 0.688. The van der Waals surface area contributed by atoms with Gasteiger partial charge in [0, 0.05) is 5.33 Å². The Bertz CT molecular complexity index is 576. The first kappa shape index (κ1) is 14.2. The summed E-state index contributed by atoms with van der Waals surface area (Å²) in [6.07, 6.45) is 4.05. The fourth-order valence-electron chi connectivity index (χ4n) is 1.67. The molecule has 0 radical (unpaired) electrons. The fourth-order valence-corrected chi connectivity index (χ4v) is 2.28. The van der Waals surface area contributed by atoms with E-state index >= 15 is 0 Å². The second-order valence-electron chi connectivity index (χ2n) is 4.10. The molecule has 0 saturated heterocycles. The van der Waals surface area contributed by atoms with E-state index in [0.717, 1.165) is 22.2 Å². The standard InChI is InChI=1S/C16H14BrClO/c1-19-15-9-8-14(16(18)10-15)7-6-12-2-4-13(11-17)5-3-12/h2-10H,11H2,1H3/b7-6+. The lowest BCUT2D eigenvalue weighted by molar-refractivity contribution is 0.415. The van der Waals surface area contributed by atoms with Gasteiger partial charge >= 0.3 is 0 Å². The zero-order valence-corrected chi connectivity index (χ0v) is 12.9. The van der Waals surface area contributed by atoms with E-state index in [1.165, 1.54) is 5.56 Å². The monoisotopic (exact) mass is 336 g/mol. The van der Waals surface area contributed by atoms with Crippen molar-refractivity contribution in [3.63, 3.8) is 0 Å². The van der Waals surface area contributed by atoms with Crippen LogP contribution in [-0.4, -0.2) is 7.11 Å². The van der Waals surface area contributed by atoms with Crippen molar-refractivity contribution in [1.29, 1.82) is 0 Å². The van der Waals surface area contributed by atoms with Crippen molar-refractivity contribution in [2.45, 2.75) is 5.33 Å². The molecule has 2 aromatic rings. The molecular formula is C16H14BrClO. The highest BCUT2D eigenvalue weighted by molar-refractivity contribution is 9.08. The van der Waals surface area contributed by atoms with Crippen LogP contribution in [0.3, 0.4) is 0 Å². The zero-order chi connectivity index (χ0) is 13.7. The molecule has 0 amide bonds. The second kappa shape index (κ2) is 6.78. The summed E-state index contributed by atoms with van der Waals surface area (Å²) in [5.41, 5.74) is 3.39. The molecular weight excluding hydrogens is 324 g/mol. The van der Waals surface area contributed by atoms with Crippen molar-refractivity contribution >= 4 is 39.7 Å². The molecule has 0 aliphatic rings. The summed E-state index contributed by atoms with van der Waals surface area (Å²) in [5, 5.41) is 1.56. The van der Waals surface area contributed by atoms with E-state index in [1.54, 1.807) is 7.11 Å². The van der Waals surface area contributed by atoms with Crippen molar-refractivity contribution in [2.24, 2.45) is 0 Å². The van der Waals surface area contributed by atoms with Gasteiger partial charge in [0.05, 0.1) is 12.1 Å². The van der Waals surface area contributed by atoms with Crippen LogP contribution in [0.1, 0.15) is 16.7 Å². The maximum absolute atomic E-state index is 6.18. The zero-order valence-electron chi connectivity index (χ0n) is 10.6. The van der Waals surface area contributed by atoms with Crippen LogP contribution in [0.4, 0.5) is 0 Å². The Balaban J connectivity index is 2.17. The van der Waals surface area contributed by atoms with Crippen LogP contribution in [0, 0.1) is 0 Å². The number of halogens is 2. The topological polar surface area (TPSA) is 9.23 Å². The first-order valence-electron chi connectivity index (χ1n) is 5.89. The molecule has 0 aliphatic carbocycles. The van der Waals surface area contributed by atoms with Gasteiger partial charge in [0.25, 0.3) is 0 Å². The van der Waals surface area contributed by atoms with Gasteiger partial charge in [-0.05, 0) is 34.9 Å². The van der Waals surface area contributed by atoms with Gasteiger partial charge in [-0.15, -0.1) is 0 Å². The molecule has 0 unspecified atom stereocenters. The maximum Gasteiger partial charge on any atom is 0.120 e. The molecule has 0 bridgehead atoms. The lowest BCUT2D eigenvalue weighted by atomic mass is 10.1. The largest absolute Gasteiger partial charge is 0.497 e. The minimum Gasteiger partial charge on any atom is -0.497 e. The molecule has 2 aromatic carbocycles. The Kier molecular flexibility index (Phi) is 5.06. The Labute approximate surface area is 127 Å². The van der Waals surface area contributed by atoms with Crippen molar-refractivity contribution < 1.29 is 4.74 Å². The van der Waals surface area contributed by atoms with E-state index in [0.29, 0.717) is 5.02 Å². The van der Waals surface area contributed by atoms with E-state index in [-0.39, 0.29) is 0 Å². The van der Waals surface area contributed by atoms with Crippen molar-refractivity contribution in [1.82, 2.24) is 0 Å². The molecule has 19 heavy (non-hydrogen) atoms. The van der Waals surface area contributed by atoms with Gasteiger partial charge in [-0.1, -0.05) is 63.9 Å². The molecule has 3 heteroatoms. The maximum atomic E-state index is 6.18. The average molecular weight is 338 g/mol. The van der Waals surface area contributed by atoms with Gasteiger partial charge in [-0.3, -0.25) is 0 Å². The number of alkyl halides is 1. The van der Waals surface area contributed by atoms with Gasteiger partial charge in [0.15, 0.2) is 0 Å². The van der Waals surface area contributed by atoms with Crippen molar-refractivity contribution in [3.05, 3.63) is 64.2 Å². The second-order valence-corrected chi connectivity index (χ2v) is 5.06. The summed E-state index contributed by atoms with van der Waals surface area (Å²) >= 11 is 9.62. The summed E-state index contributed by atoms with van der Waals surface area (Å²) in [6, 6.07) is 14.0. The van der Waals surface area contributed by atoms with E-state index in [4.69, 9.17) is 16.3 Å². The first-order valence-corrected chi connectivity index (χ1v) is 7.39. The number of methoxy groups -OCH3 is 1. The third kappa shape index (κ3) is 3.85. The summed E-state index contributed by atoms with van der Waals surface area (Å²) in [7, 11) is 1.63. The summed E-state index contributed by atoms with van der Waals surface area (Å²) < 4.78 is 5.13. The normalized spacial score (nSPS) is 10.9. The number of rotatable bonds is 4. The van der Waals surface area contributed by atoms with E-state index in [2.05, 4.69) is 40.2 Å². The predicted octanol–water partition coefficient (Wildman–Crippen LogP) is 5.41. The van der Waals surface area contributed by atoms with E-state index in [9.17, 15) is 0 Å². The van der Waals surface area contributed by atoms with Crippen molar-refractivity contribution in [3.8, 4) is 5.75 Å². The van der Waals surface area contributed by atoms with Crippen LogP contribution in [0.15, 0.2) is 42.5 Å². The lowest BCUT2D eigenvalue weighted by Crippen LogP contribution is -1.83. The molecule has 0 heterocycles. The van der Waals surface area contributed by atoms with Crippen molar-refractivity contribution in [2.75, 3.05) is 7.11 Å². The molecule has 0 fully saturated rings. The highest BCUT2D eigenvalue weighted by Gasteiger charge is 1.99. The van der Waals surface area contributed by atoms with Gasteiger partial charge in [-0.2, -0.15) is 0 Å². The van der Waals surface area contributed by atoms with Gasteiger partial charge in [0.1, 0.15) is 5.75 Å². The Morgan fingerprint density at radius 2 is 1.84 bits per heavy atom. The van der Waals surface area contributed by atoms with Crippen LogP contribution in [0.25, 0.3) is 12.2 Å². The predicted molar refractivity (Wildman–Crippen MR) is 86.0 cm³/mol. The Morgan fingerprint density at radius 3 is 2.42 bits per heavy atom. The van der Waals surface area contributed by atoms with Gasteiger partial charge in [-0.25, -0.2) is 0 Å². The SMILES string of the molecule is COc1ccc(/C=C/c2ccc(CBr)cc2)c(Cl)c1. The van der Waals surface area contributed by atoms with E-state index in [1.807, 2.05) is 30.4 Å². The van der Waals surface area contributed by atoms with Crippen LogP contribution < -0.4 is 4.74 Å². The fraction of sp³-hybridized carbons (Fsp3) is 0.125. The number of benzene rings is 2. The number of hydrogen-bond donors (Lipinski definition) is 0. The quantitative estimate of drug-likeness (QED) is 0.535. The highest BCUT2D eigenvalue weighted by atomic mass is 79.9. The summed E-state index contributed by atoms with van der Waals surface area (Å²) in [4.78, 5) is 0. The Morgan fingerprint density at radius 1 is 1.11 bits per heavy atom. The van der Waals surface area contributed by atoms with Gasteiger partial charge in [0.2, 0.25) is 0 Å². The minimum absolute atomic E-state index is 0.688.